The minimum absolute atomic E-state index is 0.120. The van der Waals surface area contributed by atoms with Crippen molar-refractivity contribution in [3.63, 3.8) is 0 Å². The molecule has 0 spiro atoms. The average Bonchev–Trinajstić information content (AvgIpc) is 3.18. The van der Waals surface area contributed by atoms with E-state index in [2.05, 4.69) is 16.4 Å². The van der Waals surface area contributed by atoms with Gasteiger partial charge in [0.05, 0.1) is 17.6 Å². The van der Waals surface area contributed by atoms with Crippen LogP contribution in [0, 0.1) is 18.3 Å². The quantitative estimate of drug-likeness (QED) is 0.633. The number of pyridine rings is 1. The van der Waals surface area contributed by atoms with Gasteiger partial charge in [-0.05, 0) is 48.9 Å². The zero-order valence-corrected chi connectivity index (χ0v) is 15.4. The highest BCUT2D eigenvalue weighted by Crippen LogP contribution is 2.27. The molecule has 26 heavy (non-hydrogen) atoms. The zero-order chi connectivity index (χ0) is 18.5. The zero-order valence-electron chi connectivity index (χ0n) is 13.8. The lowest BCUT2D eigenvalue weighted by Crippen LogP contribution is -2.15. The third-order valence-electron chi connectivity index (χ3n) is 3.64. The van der Waals surface area contributed by atoms with Crippen molar-refractivity contribution in [3.8, 4) is 17.5 Å². The molecule has 0 aliphatic rings. The minimum Gasteiger partial charge on any atom is -0.463 e. The average molecular weight is 384 g/mol. The number of amides is 1. The fourth-order valence-corrected chi connectivity index (χ4v) is 3.21. The van der Waals surface area contributed by atoms with Crippen molar-refractivity contribution in [3.05, 3.63) is 64.9 Å². The molecule has 0 fully saturated rings. The summed E-state index contributed by atoms with van der Waals surface area (Å²) in [5.74, 6) is 0.528. The standard InChI is InChI=1S/C19H14ClN3O2S/c1-12-14(20)4-2-5-15(12)22-18(24)11-26-19-13(10-21)7-8-16(23-19)17-6-3-9-25-17/h2-9H,11H2,1H3,(H,22,24). The van der Waals surface area contributed by atoms with Crippen LogP contribution in [0.4, 0.5) is 5.69 Å². The molecule has 7 heteroatoms. The Morgan fingerprint density at radius 2 is 2.15 bits per heavy atom. The molecule has 3 aromatic rings. The van der Waals surface area contributed by atoms with E-state index in [4.69, 9.17) is 16.0 Å². The van der Waals surface area contributed by atoms with Gasteiger partial charge in [-0.2, -0.15) is 5.26 Å². The second-order valence-corrected chi connectivity index (χ2v) is 6.76. The van der Waals surface area contributed by atoms with Gasteiger partial charge in [0.1, 0.15) is 16.8 Å². The van der Waals surface area contributed by atoms with Crippen molar-refractivity contribution in [2.45, 2.75) is 11.9 Å². The van der Waals surface area contributed by atoms with E-state index in [0.29, 0.717) is 32.8 Å². The SMILES string of the molecule is Cc1c(Cl)cccc1NC(=O)CSc1nc(-c2ccco2)ccc1C#N. The Balaban J connectivity index is 1.72. The number of halogens is 1. The number of anilines is 1. The maximum atomic E-state index is 12.3. The first-order valence-electron chi connectivity index (χ1n) is 7.71. The first-order valence-corrected chi connectivity index (χ1v) is 9.07. The summed E-state index contributed by atoms with van der Waals surface area (Å²) in [6.07, 6.45) is 1.56. The molecule has 0 unspecified atom stereocenters. The van der Waals surface area contributed by atoms with Crippen molar-refractivity contribution in [1.29, 1.82) is 5.26 Å². The summed E-state index contributed by atoms with van der Waals surface area (Å²) in [5.41, 5.74) is 2.50. The Hall–Kier alpha value is -2.75. The van der Waals surface area contributed by atoms with Gasteiger partial charge in [0.2, 0.25) is 5.91 Å². The second-order valence-electron chi connectivity index (χ2n) is 5.39. The van der Waals surface area contributed by atoms with Gasteiger partial charge in [-0.3, -0.25) is 4.79 Å². The highest BCUT2D eigenvalue weighted by molar-refractivity contribution is 8.00. The van der Waals surface area contributed by atoms with Crippen molar-refractivity contribution >= 4 is 35.0 Å². The van der Waals surface area contributed by atoms with E-state index in [0.717, 1.165) is 5.56 Å². The maximum absolute atomic E-state index is 12.3. The van der Waals surface area contributed by atoms with Crippen molar-refractivity contribution in [2.75, 3.05) is 11.1 Å². The van der Waals surface area contributed by atoms with Gasteiger partial charge >= 0.3 is 0 Å². The summed E-state index contributed by atoms with van der Waals surface area (Å²) >= 11 is 7.26. The molecule has 0 atom stereocenters. The van der Waals surface area contributed by atoms with E-state index in [-0.39, 0.29) is 11.7 Å². The molecule has 5 nitrogen and oxygen atoms in total. The molecule has 0 aliphatic carbocycles. The van der Waals surface area contributed by atoms with Gasteiger partial charge in [0.25, 0.3) is 0 Å². The molecule has 2 heterocycles. The largest absolute Gasteiger partial charge is 0.463 e. The van der Waals surface area contributed by atoms with Crippen LogP contribution in [0.2, 0.25) is 5.02 Å². The van der Waals surface area contributed by atoms with Crippen LogP contribution in [-0.2, 0) is 4.79 Å². The maximum Gasteiger partial charge on any atom is 0.234 e. The van der Waals surface area contributed by atoms with E-state index in [1.807, 2.05) is 6.92 Å². The second kappa shape index (κ2) is 8.09. The van der Waals surface area contributed by atoms with Crippen LogP contribution >= 0.6 is 23.4 Å². The Morgan fingerprint density at radius 1 is 1.31 bits per heavy atom. The lowest BCUT2D eigenvalue weighted by atomic mass is 10.2. The number of carbonyl (C=O) groups is 1. The number of hydrogen-bond acceptors (Lipinski definition) is 5. The number of furan rings is 1. The Kier molecular flexibility index (Phi) is 5.61. The molecule has 130 valence electrons. The van der Waals surface area contributed by atoms with Crippen molar-refractivity contribution in [2.24, 2.45) is 0 Å². The summed E-state index contributed by atoms with van der Waals surface area (Å²) in [5, 5.41) is 13.2. The van der Waals surface area contributed by atoms with Gasteiger partial charge < -0.3 is 9.73 Å². The molecule has 0 saturated carbocycles. The molecule has 0 radical (unpaired) electrons. The van der Waals surface area contributed by atoms with Crippen LogP contribution in [0.5, 0.6) is 0 Å². The van der Waals surface area contributed by atoms with Crippen molar-refractivity contribution < 1.29 is 9.21 Å². The Morgan fingerprint density at radius 3 is 2.88 bits per heavy atom. The van der Waals surface area contributed by atoms with E-state index in [9.17, 15) is 10.1 Å². The number of thioether (sulfide) groups is 1. The number of rotatable bonds is 5. The number of hydrogen-bond donors (Lipinski definition) is 1. The van der Waals surface area contributed by atoms with Crippen LogP contribution in [0.3, 0.4) is 0 Å². The van der Waals surface area contributed by atoms with Gasteiger partial charge in [-0.15, -0.1) is 0 Å². The Labute approximate surface area is 160 Å². The van der Waals surface area contributed by atoms with E-state index < -0.39 is 0 Å². The van der Waals surface area contributed by atoms with Gasteiger partial charge in [0, 0.05) is 10.7 Å². The molecule has 1 amide bonds. The molecular weight excluding hydrogens is 370 g/mol. The summed E-state index contributed by atoms with van der Waals surface area (Å²) < 4.78 is 5.33. The molecule has 2 aromatic heterocycles. The minimum atomic E-state index is -0.200. The molecule has 3 rings (SSSR count). The van der Waals surface area contributed by atoms with Crippen LogP contribution in [-0.4, -0.2) is 16.6 Å². The summed E-state index contributed by atoms with van der Waals surface area (Å²) in [7, 11) is 0. The van der Waals surface area contributed by atoms with E-state index >= 15 is 0 Å². The third kappa shape index (κ3) is 4.07. The monoisotopic (exact) mass is 383 g/mol. The topological polar surface area (TPSA) is 78.9 Å². The summed E-state index contributed by atoms with van der Waals surface area (Å²) in [6.45, 7) is 1.84. The predicted molar refractivity (Wildman–Crippen MR) is 102 cm³/mol. The fraction of sp³-hybridized carbons (Fsp3) is 0.105. The highest BCUT2D eigenvalue weighted by Gasteiger charge is 2.12. The predicted octanol–water partition coefficient (Wildman–Crippen LogP) is 4.91. The molecular formula is C19H14ClN3O2S. The molecule has 0 aliphatic heterocycles. The first kappa shape index (κ1) is 18.1. The summed E-state index contributed by atoms with van der Waals surface area (Å²) in [6, 6.07) is 14.4. The number of nitrogens with one attached hydrogen (secondary N) is 1. The number of benzene rings is 1. The fourth-order valence-electron chi connectivity index (χ4n) is 2.26. The van der Waals surface area contributed by atoms with Crippen LogP contribution < -0.4 is 5.32 Å². The number of carbonyl (C=O) groups excluding carboxylic acids is 1. The molecule has 0 saturated heterocycles. The number of aromatic nitrogens is 1. The van der Waals surface area contributed by atoms with Crippen LogP contribution in [0.25, 0.3) is 11.5 Å². The summed E-state index contributed by atoms with van der Waals surface area (Å²) in [4.78, 5) is 16.7. The van der Waals surface area contributed by atoms with E-state index in [1.54, 1.807) is 48.7 Å². The Bertz CT molecular complexity index is 981. The molecule has 1 N–H and O–H groups in total. The molecule has 1 aromatic carbocycles. The first-order chi connectivity index (χ1) is 12.6. The number of nitrogens with zero attached hydrogens (tertiary/aromatic N) is 2. The van der Waals surface area contributed by atoms with Crippen LogP contribution in [0.15, 0.2) is 58.2 Å². The van der Waals surface area contributed by atoms with Crippen LogP contribution in [0.1, 0.15) is 11.1 Å². The highest BCUT2D eigenvalue weighted by atomic mass is 35.5. The lowest BCUT2D eigenvalue weighted by Gasteiger charge is -2.09. The third-order valence-corrected chi connectivity index (χ3v) is 5.04. The molecule has 0 bridgehead atoms. The van der Waals surface area contributed by atoms with Crippen molar-refractivity contribution in [1.82, 2.24) is 4.98 Å². The van der Waals surface area contributed by atoms with Gasteiger partial charge in [0.15, 0.2) is 5.76 Å². The van der Waals surface area contributed by atoms with Gasteiger partial charge in [-0.25, -0.2) is 4.98 Å². The van der Waals surface area contributed by atoms with E-state index in [1.165, 1.54) is 11.8 Å². The van der Waals surface area contributed by atoms with Gasteiger partial charge in [-0.1, -0.05) is 29.4 Å². The number of nitriles is 1. The normalized spacial score (nSPS) is 10.3. The lowest BCUT2D eigenvalue weighted by molar-refractivity contribution is -0.113. The smallest absolute Gasteiger partial charge is 0.234 e.